The van der Waals surface area contributed by atoms with E-state index in [-0.39, 0.29) is 29.2 Å². The Kier molecular flexibility index (Phi) is 4.75. The van der Waals surface area contributed by atoms with Crippen molar-refractivity contribution in [1.82, 2.24) is 4.90 Å². The molecule has 5 rings (SSSR count). The van der Waals surface area contributed by atoms with E-state index in [0.717, 1.165) is 11.3 Å². The number of phenolic OH excluding ortho intramolecular Hbond substituents is 1. The fourth-order valence-electron chi connectivity index (χ4n) is 3.86. The number of anilines is 1. The quantitative estimate of drug-likeness (QED) is 0.622. The first-order valence-corrected chi connectivity index (χ1v) is 10.0. The lowest BCUT2D eigenvalue weighted by molar-refractivity contribution is 0.0666. The number of hydrogen-bond donors (Lipinski definition) is 2. The van der Waals surface area contributed by atoms with Crippen LogP contribution < -0.4 is 19.5 Å². The van der Waals surface area contributed by atoms with Gasteiger partial charge in [-0.1, -0.05) is 29.8 Å². The van der Waals surface area contributed by atoms with Crippen LogP contribution in [0, 0.1) is 0 Å². The molecule has 0 saturated heterocycles. The standard InChI is InChI=1S/C23H19ClN2O5/c1-29-20-10-14(9-16(24)21(20)27)22-25-17-5-3-2-4-15(17)23(28)26(22)11-13-6-7-18-19(8-13)31-12-30-18/h2-10,22,25,27H,11-12H2,1H3. The zero-order valence-corrected chi connectivity index (χ0v) is 17.3. The average Bonchev–Trinajstić information content (AvgIpc) is 3.25. The normalized spacial score (nSPS) is 16.6. The molecule has 7 nitrogen and oxygen atoms in total. The van der Waals surface area contributed by atoms with Gasteiger partial charge in [0.1, 0.15) is 6.17 Å². The highest BCUT2D eigenvalue weighted by Crippen LogP contribution is 2.41. The zero-order chi connectivity index (χ0) is 21.5. The highest BCUT2D eigenvalue weighted by molar-refractivity contribution is 6.32. The maximum Gasteiger partial charge on any atom is 0.258 e. The SMILES string of the molecule is COc1cc(C2Nc3ccccc3C(=O)N2Cc2ccc3c(c2)OCO3)cc(Cl)c1O. The molecule has 0 fully saturated rings. The van der Waals surface area contributed by atoms with Crippen molar-refractivity contribution in [3.63, 3.8) is 0 Å². The molecule has 1 amide bonds. The number of fused-ring (bicyclic) bond motifs is 2. The van der Waals surface area contributed by atoms with Crippen LogP contribution in [-0.4, -0.2) is 29.8 Å². The Morgan fingerprint density at radius 2 is 1.97 bits per heavy atom. The minimum atomic E-state index is -0.528. The molecule has 0 aliphatic carbocycles. The molecule has 3 aromatic carbocycles. The molecule has 2 N–H and O–H groups in total. The molecule has 0 spiro atoms. The van der Waals surface area contributed by atoms with Gasteiger partial charge in [0, 0.05) is 17.8 Å². The van der Waals surface area contributed by atoms with Crippen molar-refractivity contribution < 1.29 is 24.1 Å². The summed E-state index contributed by atoms with van der Waals surface area (Å²) in [6, 6.07) is 16.3. The first-order valence-electron chi connectivity index (χ1n) is 9.66. The smallest absolute Gasteiger partial charge is 0.258 e. The number of carbonyl (C=O) groups is 1. The summed E-state index contributed by atoms with van der Waals surface area (Å²) in [5.41, 5.74) is 2.88. The number of ether oxygens (including phenoxy) is 3. The third kappa shape index (κ3) is 3.37. The fraction of sp³-hybridized carbons (Fsp3) is 0.174. The summed E-state index contributed by atoms with van der Waals surface area (Å²) in [7, 11) is 1.45. The van der Waals surface area contributed by atoms with E-state index in [1.807, 2.05) is 36.4 Å². The Balaban J connectivity index is 1.57. The number of carbonyl (C=O) groups excluding carboxylic acids is 1. The van der Waals surface area contributed by atoms with E-state index in [9.17, 15) is 9.90 Å². The molecule has 0 bridgehead atoms. The van der Waals surface area contributed by atoms with Crippen LogP contribution in [0.15, 0.2) is 54.6 Å². The summed E-state index contributed by atoms with van der Waals surface area (Å²) in [6.45, 7) is 0.507. The van der Waals surface area contributed by atoms with Crippen molar-refractivity contribution in [1.29, 1.82) is 0 Å². The topological polar surface area (TPSA) is 80.3 Å². The predicted molar refractivity (Wildman–Crippen MR) is 115 cm³/mol. The number of benzene rings is 3. The lowest BCUT2D eigenvalue weighted by Gasteiger charge is -2.38. The van der Waals surface area contributed by atoms with Gasteiger partial charge >= 0.3 is 0 Å². The number of nitrogens with zero attached hydrogens (tertiary/aromatic N) is 1. The van der Waals surface area contributed by atoms with E-state index < -0.39 is 6.17 Å². The fourth-order valence-corrected chi connectivity index (χ4v) is 4.08. The van der Waals surface area contributed by atoms with Gasteiger partial charge in [-0.2, -0.15) is 0 Å². The van der Waals surface area contributed by atoms with Crippen molar-refractivity contribution in [2.45, 2.75) is 12.7 Å². The van der Waals surface area contributed by atoms with Gasteiger partial charge in [0.05, 0.1) is 17.7 Å². The summed E-state index contributed by atoms with van der Waals surface area (Å²) in [5.74, 6) is 1.31. The number of phenols is 1. The van der Waals surface area contributed by atoms with Gasteiger partial charge in [0.2, 0.25) is 6.79 Å². The average molecular weight is 439 g/mol. The highest BCUT2D eigenvalue weighted by atomic mass is 35.5. The van der Waals surface area contributed by atoms with Crippen molar-refractivity contribution >= 4 is 23.2 Å². The molecule has 2 aliphatic heterocycles. The van der Waals surface area contributed by atoms with Gasteiger partial charge in [0.15, 0.2) is 23.0 Å². The number of halogens is 1. The number of methoxy groups -OCH3 is 1. The van der Waals surface area contributed by atoms with E-state index in [0.29, 0.717) is 29.2 Å². The summed E-state index contributed by atoms with van der Waals surface area (Å²) >= 11 is 6.23. The third-order valence-corrected chi connectivity index (χ3v) is 5.69. The summed E-state index contributed by atoms with van der Waals surface area (Å²) in [4.78, 5) is 15.2. The molecule has 158 valence electrons. The second kappa shape index (κ2) is 7.59. The molecule has 2 aliphatic rings. The lowest BCUT2D eigenvalue weighted by atomic mass is 10.0. The molecular formula is C23H19ClN2O5. The summed E-state index contributed by atoms with van der Waals surface area (Å²) < 4.78 is 16.1. The van der Waals surface area contributed by atoms with Crippen molar-refractivity contribution in [2.24, 2.45) is 0 Å². The molecule has 0 radical (unpaired) electrons. The van der Waals surface area contributed by atoms with Gasteiger partial charge in [-0.3, -0.25) is 4.79 Å². The van der Waals surface area contributed by atoms with E-state index in [4.69, 9.17) is 25.8 Å². The predicted octanol–water partition coefficient (Wildman–Crippen LogP) is 4.55. The molecule has 3 aromatic rings. The van der Waals surface area contributed by atoms with E-state index in [1.54, 1.807) is 23.1 Å². The maximum absolute atomic E-state index is 13.5. The van der Waals surface area contributed by atoms with Gasteiger partial charge in [0.25, 0.3) is 5.91 Å². The third-order valence-electron chi connectivity index (χ3n) is 5.40. The van der Waals surface area contributed by atoms with Crippen LogP contribution in [0.2, 0.25) is 5.02 Å². The molecule has 8 heteroatoms. The Labute approximate surface area is 183 Å². The van der Waals surface area contributed by atoms with E-state index >= 15 is 0 Å². The van der Waals surface area contributed by atoms with Crippen LogP contribution in [0.4, 0.5) is 5.69 Å². The largest absolute Gasteiger partial charge is 0.503 e. The van der Waals surface area contributed by atoms with Crippen LogP contribution in [-0.2, 0) is 6.54 Å². The lowest BCUT2D eigenvalue weighted by Crippen LogP contribution is -2.42. The Morgan fingerprint density at radius 1 is 1.16 bits per heavy atom. The molecule has 2 heterocycles. The van der Waals surface area contributed by atoms with Crippen molar-refractivity contribution in [2.75, 3.05) is 19.2 Å². The Hall–Kier alpha value is -3.58. The van der Waals surface area contributed by atoms with E-state index in [1.165, 1.54) is 7.11 Å². The highest BCUT2D eigenvalue weighted by Gasteiger charge is 2.34. The van der Waals surface area contributed by atoms with Crippen LogP contribution in [0.3, 0.4) is 0 Å². The molecule has 1 unspecified atom stereocenters. The van der Waals surface area contributed by atoms with Crippen LogP contribution in [0.1, 0.15) is 27.7 Å². The number of aromatic hydroxyl groups is 1. The molecule has 0 saturated carbocycles. The van der Waals surface area contributed by atoms with Gasteiger partial charge in [-0.25, -0.2) is 0 Å². The Morgan fingerprint density at radius 3 is 2.81 bits per heavy atom. The summed E-state index contributed by atoms with van der Waals surface area (Å²) in [5, 5.41) is 13.7. The molecule has 0 aromatic heterocycles. The second-order valence-electron chi connectivity index (χ2n) is 7.27. The van der Waals surface area contributed by atoms with E-state index in [2.05, 4.69) is 5.32 Å². The van der Waals surface area contributed by atoms with Gasteiger partial charge in [-0.05, 0) is 42.0 Å². The number of rotatable bonds is 4. The van der Waals surface area contributed by atoms with Crippen molar-refractivity contribution in [3.8, 4) is 23.0 Å². The first-order chi connectivity index (χ1) is 15.0. The molecule has 31 heavy (non-hydrogen) atoms. The van der Waals surface area contributed by atoms with Gasteiger partial charge in [-0.15, -0.1) is 0 Å². The maximum atomic E-state index is 13.5. The second-order valence-corrected chi connectivity index (χ2v) is 7.67. The summed E-state index contributed by atoms with van der Waals surface area (Å²) in [6.07, 6.45) is -0.528. The van der Waals surface area contributed by atoms with Crippen LogP contribution in [0.25, 0.3) is 0 Å². The number of para-hydroxylation sites is 1. The minimum absolute atomic E-state index is 0.125. The monoisotopic (exact) mass is 438 g/mol. The molecule has 1 atom stereocenters. The number of amides is 1. The van der Waals surface area contributed by atoms with Crippen LogP contribution in [0.5, 0.6) is 23.0 Å². The van der Waals surface area contributed by atoms with Gasteiger partial charge < -0.3 is 29.5 Å². The number of nitrogens with one attached hydrogen (secondary N) is 1. The number of hydrogen-bond acceptors (Lipinski definition) is 6. The Bertz CT molecular complexity index is 1180. The van der Waals surface area contributed by atoms with Crippen molar-refractivity contribution in [3.05, 3.63) is 76.3 Å². The zero-order valence-electron chi connectivity index (χ0n) is 16.6. The molecular weight excluding hydrogens is 420 g/mol. The first kappa shape index (κ1) is 19.4. The minimum Gasteiger partial charge on any atom is -0.503 e. The van der Waals surface area contributed by atoms with Crippen LogP contribution >= 0.6 is 11.6 Å².